The third-order valence-electron chi connectivity index (χ3n) is 2.98. The molecule has 2 aromatic carbocycles. The van der Waals surface area contributed by atoms with E-state index in [4.69, 9.17) is 4.42 Å². The number of benzene rings is 2. The van der Waals surface area contributed by atoms with Crippen molar-refractivity contribution in [1.29, 1.82) is 0 Å². The van der Waals surface area contributed by atoms with Crippen LogP contribution in [-0.2, 0) is 0 Å². The molecule has 3 aromatic rings. The van der Waals surface area contributed by atoms with Crippen molar-refractivity contribution in [2.24, 2.45) is 0 Å². The predicted octanol–water partition coefficient (Wildman–Crippen LogP) is 3.18. The lowest BCUT2D eigenvalue weighted by molar-refractivity contribution is 0.0993. The third-order valence-corrected chi connectivity index (χ3v) is 2.98. The first-order chi connectivity index (χ1) is 10.1. The van der Waals surface area contributed by atoms with E-state index in [0.717, 1.165) is 0 Å². The van der Waals surface area contributed by atoms with Crippen LogP contribution < -0.4 is 10.9 Å². The fourth-order valence-corrected chi connectivity index (χ4v) is 2.01. The first-order valence-corrected chi connectivity index (χ1v) is 6.23. The van der Waals surface area contributed by atoms with Gasteiger partial charge in [-0.25, -0.2) is 9.18 Å². The Morgan fingerprint density at radius 1 is 1.05 bits per heavy atom. The summed E-state index contributed by atoms with van der Waals surface area (Å²) in [6.45, 7) is 0. The molecule has 1 heterocycles. The highest BCUT2D eigenvalue weighted by atomic mass is 19.1. The second-order valence-corrected chi connectivity index (χ2v) is 4.45. The van der Waals surface area contributed by atoms with Gasteiger partial charge in [0.25, 0.3) is 5.91 Å². The number of carbonyl (C=O) groups excluding carboxylic acids is 1. The predicted molar refractivity (Wildman–Crippen MR) is 76.8 cm³/mol. The quantitative estimate of drug-likeness (QED) is 0.785. The summed E-state index contributed by atoms with van der Waals surface area (Å²) >= 11 is 0. The lowest BCUT2D eigenvalue weighted by Crippen LogP contribution is -2.15. The molecule has 0 saturated carbocycles. The first-order valence-electron chi connectivity index (χ1n) is 6.23. The molecule has 4 nitrogen and oxygen atoms in total. The number of nitrogens with one attached hydrogen (secondary N) is 1. The zero-order chi connectivity index (χ0) is 14.8. The molecule has 0 saturated heterocycles. The maximum Gasteiger partial charge on any atom is 0.344 e. The van der Waals surface area contributed by atoms with E-state index in [9.17, 15) is 14.0 Å². The molecule has 0 aliphatic heterocycles. The van der Waals surface area contributed by atoms with Crippen LogP contribution in [0.25, 0.3) is 10.8 Å². The summed E-state index contributed by atoms with van der Waals surface area (Å²) in [5.74, 6) is -1.20. The second-order valence-electron chi connectivity index (χ2n) is 4.45. The van der Waals surface area contributed by atoms with Gasteiger partial charge in [-0.1, -0.05) is 24.3 Å². The van der Waals surface area contributed by atoms with Gasteiger partial charge in [0, 0.05) is 5.69 Å². The van der Waals surface area contributed by atoms with E-state index in [-0.39, 0.29) is 11.4 Å². The summed E-state index contributed by atoms with van der Waals surface area (Å²) in [5.41, 5.74) is -0.298. The number of fused-ring (bicyclic) bond motifs is 1. The molecular formula is C16H10FNO3. The van der Waals surface area contributed by atoms with E-state index in [1.807, 2.05) is 0 Å². The normalized spacial score (nSPS) is 10.5. The molecule has 0 aliphatic carbocycles. The number of rotatable bonds is 2. The van der Waals surface area contributed by atoms with Gasteiger partial charge in [-0.05, 0) is 35.7 Å². The minimum absolute atomic E-state index is 0.122. The summed E-state index contributed by atoms with van der Waals surface area (Å²) in [4.78, 5) is 23.9. The van der Waals surface area contributed by atoms with Crippen molar-refractivity contribution in [2.45, 2.75) is 0 Å². The molecule has 21 heavy (non-hydrogen) atoms. The number of amides is 1. The molecule has 104 valence electrons. The van der Waals surface area contributed by atoms with Gasteiger partial charge >= 0.3 is 5.63 Å². The van der Waals surface area contributed by atoms with E-state index in [0.29, 0.717) is 10.8 Å². The first kappa shape index (κ1) is 13.1. The third kappa shape index (κ3) is 2.67. The van der Waals surface area contributed by atoms with Gasteiger partial charge in [-0.15, -0.1) is 0 Å². The number of carbonyl (C=O) groups is 1. The standard InChI is InChI=1S/C16H10FNO3/c17-11-5-3-6-12(9-11)18-15(19)14-8-10-4-1-2-7-13(10)16(20)21-14/h1-9H,(H,18,19). The molecule has 0 atom stereocenters. The molecule has 1 aromatic heterocycles. The average Bonchev–Trinajstić information content (AvgIpc) is 2.47. The van der Waals surface area contributed by atoms with Gasteiger partial charge in [-0.3, -0.25) is 4.79 Å². The van der Waals surface area contributed by atoms with Crippen LogP contribution in [0.1, 0.15) is 10.6 Å². The summed E-state index contributed by atoms with van der Waals surface area (Å²) in [7, 11) is 0. The molecule has 1 N–H and O–H groups in total. The Hall–Kier alpha value is -2.95. The van der Waals surface area contributed by atoms with Crippen LogP contribution in [-0.4, -0.2) is 5.91 Å². The van der Waals surface area contributed by atoms with Crippen molar-refractivity contribution < 1.29 is 13.6 Å². The summed E-state index contributed by atoms with van der Waals surface area (Å²) in [6, 6.07) is 13.7. The van der Waals surface area contributed by atoms with Crippen molar-refractivity contribution in [1.82, 2.24) is 0 Å². The van der Waals surface area contributed by atoms with Crippen LogP contribution in [0.2, 0.25) is 0 Å². The molecule has 0 unspecified atom stereocenters. The zero-order valence-corrected chi connectivity index (χ0v) is 10.8. The van der Waals surface area contributed by atoms with Crippen LogP contribution in [0, 0.1) is 5.82 Å². The minimum atomic E-state index is -0.608. The Bertz CT molecular complexity index is 886. The van der Waals surface area contributed by atoms with Gasteiger partial charge in [0.2, 0.25) is 0 Å². The summed E-state index contributed by atoms with van der Waals surface area (Å²) in [5, 5.41) is 3.49. The summed E-state index contributed by atoms with van der Waals surface area (Å²) < 4.78 is 18.1. The van der Waals surface area contributed by atoms with Crippen molar-refractivity contribution in [2.75, 3.05) is 5.32 Å². The van der Waals surface area contributed by atoms with E-state index in [2.05, 4.69) is 5.32 Å². The van der Waals surface area contributed by atoms with Crippen LogP contribution in [0.4, 0.5) is 10.1 Å². The lowest BCUT2D eigenvalue weighted by atomic mass is 10.1. The Kier molecular flexibility index (Phi) is 3.23. The number of anilines is 1. The topological polar surface area (TPSA) is 59.3 Å². The number of hydrogen-bond acceptors (Lipinski definition) is 3. The maximum atomic E-state index is 13.1. The highest BCUT2D eigenvalue weighted by molar-refractivity contribution is 6.03. The maximum absolute atomic E-state index is 13.1. The van der Waals surface area contributed by atoms with Crippen molar-refractivity contribution in [3.63, 3.8) is 0 Å². The number of halogens is 1. The van der Waals surface area contributed by atoms with Crippen LogP contribution in [0.15, 0.2) is 63.8 Å². The summed E-state index contributed by atoms with van der Waals surface area (Å²) in [6.07, 6.45) is 0. The molecule has 5 heteroatoms. The van der Waals surface area contributed by atoms with E-state index < -0.39 is 17.3 Å². The molecule has 0 aliphatic rings. The van der Waals surface area contributed by atoms with Gasteiger partial charge in [0.1, 0.15) is 5.82 Å². The fourth-order valence-electron chi connectivity index (χ4n) is 2.01. The lowest BCUT2D eigenvalue weighted by Gasteiger charge is -2.05. The SMILES string of the molecule is O=C(Nc1cccc(F)c1)c1cc2ccccc2c(=O)o1. The molecular weight excluding hydrogens is 273 g/mol. The second kappa shape index (κ2) is 5.20. The zero-order valence-electron chi connectivity index (χ0n) is 10.8. The van der Waals surface area contributed by atoms with Gasteiger partial charge in [0.15, 0.2) is 5.76 Å². The Morgan fingerprint density at radius 3 is 2.67 bits per heavy atom. The highest BCUT2D eigenvalue weighted by Gasteiger charge is 2.12. The van der Waals surface area contributed by atoms with Gasteiger partial charge < -0.3 is 9.73 Å². The van der Waals surface area contributed by atoms with Crippen molar-refractivity contribution in [3.8, 4) is 0 Å². The average molecular weight is 283 g/mol. The van der Waals surface area contributed by atoms with Crippen LogP contribution >= 0.6 is 0 Å². The Morgan fingerprint density at radius 2 is 1.86 bits per heavy atom. The van der Waals surface area contributed by atoms with E-state index in [1.54, 1.807) is 30.3 Å². The number of hydrogen-bond donors (Lipinski definition) is 1. The van der Waals surface area contributed by atoms with E-state index >= 15 is 0 Å². The van der Waals surface area contributed by atoms with Crippen molar-refractivity contribution in [3.05, 3.63) is 76.6 Å². The molecule has 0 radical (unpaired) electrons. The largest absolute Gasteiger partial charge is 0.417 e. The molecule has 0 bridgehead atoms. The van der Waals surface area contributed by atoms with Gasteiger partial charge in [-0.2, -0.15) is 0 Å². The monoisotopic (exact) mass is 283 g/mol. The fraction of sp³-hybridized carbons (Fsp3) is 0. The van der Waals surface area contributed by atoms with Crippen LogP contribution in [0.3, 0.4) is 0 Å². The minimum Gasteiger partial charge on any atom is -0.417 e. The Balaban J connectivity index is 1.96. The Labute approximate surface area is 118 Å². The molecule has 0 spiro atoms. The van der Waals surface area contributed by atoms with Crippen molar-refractivity contribution >= 4 is 22.4 Å². The highest BCUT2D eigenvalue weighted by Crippen LogP contribution is 2.14. The molecule has 3 rings (SSSR count). The van der Waals surface area contributed by atoms with Gasteiger partial charge in [0.05, 0.1) is 5.39 Å². The molecule has 0 fully saturated rings. The smallest absolute Gasteiger partial charge is 0.344 e. The van der Waals surface area contributed by atoms with Crippen LogP contribution in [0.5, 0.6) is 0 Å². The van der Waals surface area contributed by atoms with E-state index in [1.165, 1.54) is 24.3 Å². The molecule has 1 amide bonds.